The highest BCUT2D eigenvalue weighted by atomic mass is 16.2. The van der Waals surface area contributed by atoms with Crippen molar-refractivity contribution in [2.75, 3.05) is 13.6 Å². The smallest absolute Gasteiger partial charge is 0.273 e. The first kappa shape index (κ1) is 16.0. The topological polar surface area (TPSA) is 88.1 Å². The van der Waals surface area contributed by atoms with E-state index in [9.17, 15) is 9.59 Å². The second-order valence-corrected chi connectivity index (χ2v) is 5.75. The van der Waals surface area contributed by atoms with Gasteiger partial charge in [-0.3, -0.25) is 19.6 Å². The Balaban J connectivity index is 2.08. The van der Waals surface area contributed by atoms with Crippen LogP contribution in [0, 0.1) is 6.92 Å². The predicted molar refractivity (Wildman–Crippen MR) is 87.0 cm³/mol. The van der Waals surface area contributed by atoms with Gasteiger partial charge in [-0.15, -0.1) is 0 Å². The summed E-state index contributed by atoms with van der Waals surface area (Å²) < 4.78 is 0. The molecule has 1 N–H and O–H groups in total. The van der Waals surface area contributed by atoms with Gasteiger partial charge in [0, 0.05) is 31.7 Å². The third-order valence-electron chi connectivity index (χ3n) is 4.32. The van der Waals surface area contributed by atoms with Crippen molar-refractivity contribution in [3.05, 3.63) is 53.9 Å². The summed E-state index contributed by atoms with van der Waals surface area (Å²) in [5.74, 6) is -0.535. The molecule has 7 nitrogen and oxygen atoms in total. The second-order valence-electron chi connectivity index (χ2n) is 5.75. The lowest BCUT2D eigenvalue weighted by atomic mass is 9.90. The highest BCUT2D eigenvalue weighted by molar-refractivity contribution is 5.98. The maximum Gasteiger partial charge on any atom is 0.273 e. The number of aryl methyl sites for hydroxylation is 1. The number of nitrogens with zero attached hydrogens (tertiary/aromatic N) is 4. The van der Waals surface area contributed by atoms with Gasteiger partial charge in [-0.2, -0.15) is 0 Å². The fraction of sp³-hybridized carbons (Fsp3) is 0.353. The van der Waals surface area contributed by atoms with E-state index in [1.807, 2.05) is 13.0 Å². The Morgan fingerprint density at radius 2 is 2.12 bits per heavy atom. The van der Waals surface area contributed by atoms with Gasteiger partial charge >= 0.3 is 0 Å². The van der Waals surface area contributed by atoms with Crippen LogP contribution in [-0.2, 0) is 10.3 Å². The quantitative estimate of drug-likeness (QED) is 0.911. The van der Waals surface area contributed by atoms with Crippen molar-refractivity contribution in [1.82, 2.24) is 25.2 Å². The first-order valence-electron chi connectivity index (χ1n) is 7.84. The molecule has 1 aliphatic heterocycles. The molecule has 1 atom stereocenters. The van der Waals surface area contributed by atoms with Crippen molar-refractivity contribution in [2.45, 2.75) is 25.3 Å². The van der Waals surface area contributed by atoms with Crippen LogP contribution < -0.4 is 5.32 Å². The van der Waals surface area contributed by atoms with Gasteiger partial charge in [-0.1, -0.05) is 6.07 Å². The van der Waals surface area contributed by atoms with Crippen LogP contribution in [-0.4, -0.2) is 45.3 Å². The van der Waals surface area contributed by atoms with Crippen LogP contribution in [0.1, 0.15) is 34.7 Å². The van der Waals surface area contributed by atoms with E-state index in [2.05, 4.69) is 20.3 Å². The SMILES string of the molecule is CNC(=O)[C@@]1(c2cnccn2)CCCN1C(=O)c1cccc(C)n1. The van der Waals surface area contributed by atoms with Gasteiger partial charge in [0.15, 0.2) is 5.54 Å². The van der Waals surface area contributed by atoms with Gasteiger partial charge in [-0.05, 0) is 31.9 Å². The van der Waals surface area contributed by atoms with Crippen LogP contribution in [0.5, 0.6) is 0 Å². The molecule has 1 saturated heterocycles. The van der Waals surface area contributed by atoms with E-state index in [0.29, 0.717) is 30.8 Å². The Labute approximate surface area is 140 Å². The maximum atomic E-state index is 13.0. The summed E-state index contributed by atoms with van der Waals surface area (Å²) in [5.41, 5.74) is 0.410. The molecular formula is C17H19N5O2. The zero-order chi connectivity index (χ0) is 17.2. The highest BCUT2D eigenvalue weighted by Crippen LogP contribution is 2.38. The van der Waals surface area contributed by atoms with Crippen molar-refractivity contribution in [3.8, 4) is 0 Å². The Hall–Kier alpha value is -2.83. The number of hydrogen-bond acceptors (Lipinski definition) is 5. The van der Waals surface area contributed by atoms with Crippen LogP contribution in [0.4, 0.5) is 0 Å². The van der Waals surface area contributed by atoms with Crippen LogP contribution in [0.15, 0.2) is 36.8 Å². The lowest BCUT2D eigenvalue weighted by molar-refractivity contribution is -0.131. The predicted octanol–water partition coefficient (Wildman–Crippen LogP) is 1.06. The molecule has 0 aromatic carbocycles. The molecule has 2 aromatic heterocycles. The molecule has 2 amide bonds. The number of pyridine rings is 1. The third-order valence-corrected chi connectivity index (χ3v) is 4.32. The summed E-state index contributed by atoms with van der Waals surface area (Å²) in [7, 11) is 1.56. The number of carbonyl (C=O) groups excluding carboxylic acids is 2. The molecule has 3 rings (SSSR count). The zero-order valence-corrected chi connectivity index (χ0v) is 13.7. The molecule has 1 fully saturated rings. The molecule has 3 heterocycles. The second kappa shape index (κ2) is 6.35. The average molecular weight is 325 g/mol. The van der Waals surface area contributed by atoms with Crippen molar-refractivity contribution < 1.29 is 9.59 Å². The summed E-state index contributed by atoms with van der Waals surface area (Å²) >= 11 is 0. The fourth-order valence-corrected chi connectivity index (χ4v) is 3.23. The van der Waals surface area contributed by atoms with Crippen molar-refractivity contribution in [2.24, 2.45) is 0 Å². The Kier molecular flexibility index (Phi) is 4.24. The fourth-order valence-electron chi connectivity index (χ4n) is 3.23. The van der Waals surface area contributed by atoms with Gasteiger partial charge < -0.3 is 10.2 Å². The molecule has 0 radical (unpaired) electrons. The molecule has 0 aliphatic carbocycles. The Morgan fingerprint density at radius 1 is 1.29 bits per heavy atom. The van der Waals surface area contributed by atoms with Crippen LogP contribution in [0.3, 0.4) is 0 Å². The molecule has 7 heteroatoms. The molecular weight excluding hydrogens is 306 g/mol. The lowest BCUT2D eigenvalue weighted by Gasteiger charge is -2.35. The molecule has 124 valence electrons. The van der Waals surface area contributed by atoms with Crippen LogP contribution >= 0.6 is 0 Å². The minimum Gasteiger partial charge on any atom is -0.357 e. The van der Waals surface area contributed by atoms with Gasteiger partial charge in [0.1, 0.15) is 5.69 Å². The number of carbonyl (C=O) groups is 2. The lowest BCUT2D eigenvalue weighted by Crippen LogP contribution is -2.55. The normalized spacial score (nSPS) is 20.0. The average Bonchev–Trinajstić information content (AvgIpc) is 3.07. The van der Waals surface area contributed by atoms with Crippen molar-refractivity contribution in [1.29, 1.82) is 0 Å². The molecule has 0 saturated carbocycles. The van der Waals surface area contributed by atoms with E-state index in [1.165, 1.54) is 6.20 Å². The van der Waals surface area contributed by atoms with Crippen LogP contribution in [0.2, 0.25) is 0 Å². The molecule has 1 aliphatic rings. The first-order chi connectivity index (χ1) is 11.6. The van der Waals surface area contributed by atoms with E-state index in [1.54, 1.807) is 36.5 Å². The van der Waals surface area contributed by atoms with Crippen molar-refractivity contribution >= 4 is 11.8 Å². The molecule has 0 spiro atoms. The Morgan fingerprint density at radius 3 is 2.79 bits per heavy atom. The van der Waals surface area contributed by atoms with Crippen LogP contribution in [0.25, 0.3) is 0 Å². The summed E-state index contributed by atoms with van der Waals surface area (Å²) in [6.07, 6.45) is 5.84. The summed E-state index contributed by atoms with van der Waals surface area (Å²) in [5, 5.41) is 2.67. The molecule has 0 bridgehead atoms. The third kappa shape index (κ3) is 2.51. The van der Waals surface area contributed by atoms with E-state index in [4.69, 9.17) is 0 Å². The summed E-state index contributed by atoms with van der Waals surface area (Å²) in [4.78, 5) is 40.1. The summed E-state index contributed by atoms with van der Waals surface area (Å²) in [6, 6.07) is 5.28. The largest absolute Gasteiger partial charge is 0.357 e. The molecule has 2 aromatic rings. The monoisotopic (exact) mass is 325 g/mol. The van der Waals surface area contributed by atoms with Gasteiger partial charge in [0.2, 0.25) is 0 Å². The minimum atomic E-state index is -1.15. The molecule has 24 heavy (non-hydrogen) atoms. The van der Waals surface area contributed by atoms with E-state index in [-0.39, 0.29) is 11.8 Å². The van der Waals surface area contributed by atoms with E-state index >= 15 is 0 Å². The van der Waals surface area contributed by atoms with Gasteiger partial charge in [0.05, 0.1) is 11.9 Å². The Bertz CT molecular complexity index is 765. The minimum absolute atomic E-state index is 0.262. The van der Waals surface area contributed by atoms with Gasteiger partial charge in [0.25, 0.3) is 11.8 Å². The van der Waals surface area contributed by atoms with E-state index < -0.39 is 5.54 Å². The highest BCUT2D eigenvalue weighted by Gasteiger charge is 2.52. The summed E-state index contributed by atoms with van der Waals surface area (Å²) in [6.45, 7) is 2.30. The first-order valence-corrected chi connectivity index (χ1v) is 7.84. The number of amides is 2. The zero-order valence-electron chi connectivity index (χ0n) is 13.7. The maximum absolute atomic E-state index is 13.0. The number of rotatable bonds is 3. The number of likely N-dealkylation sites (tertiary alicyclic amines) is 1. The van der Waals surface area contributed by atoms with Crippen molar-refractivity contribution in [3.63, 3.8) is 0 Å². The number of aromatic nitrogens is 3. The number of nitrogens with one attached hydrogen (secondary N) is 1. The standard InChI is InChI=1S/C17H19N5O2/c1-12-5-3-6-13(21-12)15(23)22-10-4-7-17(22,16(24)18-2)14-11-19-8-9-20-14/h3,5-6,8-9,11H,4,7,10H2,1-2H3,(H,18,24)/t17-/m0/s1. The molecule has 0 unspecified atom stereocenters. The number of hydrogen-bond donors (Lipinski definition) is 1. The van der Waals surface area contributed by atoms with Gasteiger partial charge in [-0.25, -0.2) is 4.98 Å². The van der Waals surface area contributed by atoms with E-state index in [0.717, 1.165) is 5.69 Å². The number of likely N-dealkylation sites (N-methyl/N-ethyl adjacent to an activating group) is 1.